The summed E-state index contributed by atoms with van der Waals surface area (Å²) in [4.78, 5) is 35.7. The molecular weight excluding hydrogens is 488 g/mol. The summed E-state index contributed by atoms with van der Waals surface area (Å²) in [6.07, 6.45) is 1.22. The highest BCUT2D eigenvalue weighted by Gasteiger charge is 2.24. The van der Waals surface area contributed by atoms with Crippen LogP contribution < -0.4 is 14.9 Å². The smallest absolute Gasteiger partial charge is 0.329 e. The fourth-order valence-corrected chi connectivity index (χ4v) is 4.60. The van der Waals surface area contributed by atoms with Gasteiger partial charge in [0.05, 0.1) is 20.8 Å². The number of rotatable bonds is 7. The third-order valence-electron chi connectivity index (χ3n) is 5.37. The number of nitro benzene ring substituents is 1. The van der Waals surface area contributed by atoms with E-state index >= 15 is 0 Å². The Labute approximate surface area is 205 Å². The molecule has 36 heavy (non-hydrogen) atoms. The molecule has 1 atom stereocenters. The number of nitro groups is 1. The summed E-state index contributed by atoms with van der Waals surface area (Å²) in [5.41, 5.74) is 1.21. The molecule has 1 aromatic heterocycles. The molecule has 11 heteroatoms. The number of hydrogen-bond acceptors (Lipinski definition) is 8. The van der Waals surface area contributed by atoms with Gasteiger partial charge in [-0.1, -0.05) is 17.7 Å². The monoisotopic (exact) mass is 508 g/mol. The second-order valence-electron chi connectivity index (χ2n) is 8.02. The van der Waals surface area contributed by atoms with Crippen molar-refractivity contribution in [1.82, 2.24) is 4.72 Å². The minimum absolute atomic E-state index is 0.0176. The lowest BCUT2D eigenvalue weighted by atomic mass is 10.1. The van der Waals surface area contributed by atoms with E-state index in [-0.39, 0.29) is 38.3 Å². The first-order chi connectivity index (χ1) is 17.0. The SMILES string of the molecule is Cc1ccc(S(=O)(=O)N[C@H](C)C(=O)Oc2ccc3c(=O)c(-c4ccc([N+](=O)[O-])cc4)coc3c2)cc1. The Kier molecular flexibility index (Phi) is 6.69. The highest BCUT2D eigenvalue weighted by atomic mass is 32.2. The van der Waals surface area contributed by atoms with Gasteiger partial charge in [0.2, 0.25) is 10.0 Å². The second kappa shape index (κ2) is 9.72. The maximum atomic E-state index is 12.9. The predicted molar refractivity (Wildman–Crippen MR) is 131 cm³/mol. The summed E-state index contributed by atoms with van der Waals surface area (Å²) >= 11 is 0. The van der Waals surface area contributed by atoms with Gasteiger partial charge < -0.3 is 9.15 Å². The van der Waals surface area contributed by atoms with Crippen molar-refractivity contribution >= 4 is 32.6 Å². The van der Waals surface area contributed by atoms with Gasteiger partial charge in [0.15, 0.2) is 5.43 Å². The first kappa shape index (κ1) is 24.8. The zero-order valence-electron chi connectivity index (χ0n) is 19.1. The van der Waals surface area contributed by atoms with E-state index in [1.165, 1.54) is 67.8 Å². The van der Waals surface area contributed by atoms with Crippen LogP contribution >= 0.6 is 0 Å². The number of sulfonamides is 1. The fourth-order valence-electron chi connectivity index (χ4n) is 3.40. The molecule has 0 saturated heterocycles. The summed E-state index contributed by atoms with van der Waals surface area (Å²) in [5.74, 6) is -0.796. The molecule has 0 aliphatic heterocycles. The summed E-state index contributed by atoms with van der Waals surface area (Å²) in [7, 11) is -3.94. The Hall–Kier alpha value is -4.35. The van der Waals surface area contributed by atoms with E-state index in [0.29, 0.717) is 5.56 Å². The summed E-state index contributed by atoms with van der Waals surface area (Å²) in [5, 5.41) is 11.0. The van der Waals surface area contributed by atoms with Crippen molar-refractivity contribution in [2.24, 2.45) is 0 Å². The number of fused-ring (bicyclic) bond motifs is 1. The number of ether oxygens (including phenoxy) is 1. The van der Waals surface area contributed by atoms with Crippen molar-refractivity contribution in [3.63, 3.8) is 0 Å². The maximum absolute atomic E-state index is 12.9. The minimum atomic E-state index is -3.94. The molecule has 3 aromatic carbocycles. The average Bonchev–Trinajstić information content (AvgIpc) is 2.84. The van der Waals surface area contributed by atoms with Crippen molar-refractivity contribution in [3.8, 4) is 16.9 Å². The molecule has 0 spiro atoms. The van der Waals surface area contributed by atoms with Gasteiger partial charge in [-0.25, -0.2) is 13.2 Å². The van der Waals surface area contributed by atoms with Crippen LogP contribution in [0.5, 0.6) is 5.75 Å². The quantitative estimate of drug-likeness (QED) is 0.171. The van der Waals surface area contributed by atoms with Crippen molar-refractivity contribution in [2.45, 2.75) is 24.8 Å². The molecule has 4 rings (SSSR count). The third-order valence-corrected chi connectivity index (χ3v) is 6.93. The molecule has 184 valence electrons. The number of carbonyl (C=O) groups is 1. The van der Waals surface area contributed by atoms with Crippen molar-refractivity contribution in [2.75, 3.05) is 0 Å². The molecule has 0 saturated carbocycles. The topological polar surface area (TPSA) is 146 Å². The first-order valence-electron chi connectivity index (χ1n) is 10.7. The van der Waals surface area contributed by atoms with Gasteiger partial charge in [0.1, 0.15) is 23.6 Å². The number of benzene rings is 3. The van der Waals surface area contributed by atoms with E-state index in [2.05, 4.69) is 4.72 Å². The number of esters is 1. The molecule has 0 aliphatic carbocycles. The van der Waals surface area contributed by atoms with Crippen molar-refractivity contribution in [1.29, 1.82) is 0 Å². The Balaban J connectivity index is 1.52. The van der Waals surface area contributed by atoms with Gasteiger partial charge >= 0.3 is 5.97 Å². The standard InChI is InChI=1S/C25H20N2O8S/c1-15-3-10-20(11-4-15)36(32,33)26-16(2)25(29)35-19-9-12-21-23(13-19)34-14-22(24(21)28)17-5-7-18(8-6-17)27(30)31/h3-14,16,26H,1-2H3/t16-/m1/s1. The van der Waals surface area contributed by atoms with E-state index < -0.39 is 27.0 Å². The van der Waals surface area contributed by atoms with E-state index in [1.807, 2.05) is 6.92 Å². The normalized spacial score (nSPS) is 12.3. The van der Waals surface area contributed by atoms with Crippen LogP contribution in [0, 0.1) is 17.0 Å². The van der Waals surface area contributed by atoms with Gasteiger partial charge in [-0.05, 0) is 55.8 Å². The van der Waals surface area contributed by atoms with Crippen LogP contribution in [-0.4, -0.2) is 25.4 Å². The van der Waals surface area contributed by atoms with Crippen LogP contribution in [0.3, 0.4) is 0 Å². The zero-order valence-corrected chi connectivity index (χ0v) is 19.9. The number of carbonyl (C=O) groups excluding carboxylic acids is 1. The highest BCUT2D eigenvalue weighted by molar-refractivity contribution is 7.89. The van der Waals surface area contributed by atoms with Crippen LogP contribution in [0.4, 0.5) is 5.69 Å². The minimum Gasteiger partial charge on any atom is -0.463 e. The van der Waals surface area contributed by atoms with Crippen LogP contribution in [0.15, 0.2) is 87.1 Å². The number of non-ortho nitro benzene ring substituents is 1. The largest absolute Gasteiger partial charge is 0.463 e. The molecule has 0 bridgehead atoms. The van der Waals surface area contributed by atoms with E-state index in [0.717, 1.165) is 5.56 Å². The molecular formula is C25H20N2O8S. The van der Waals surface area contributed by atoms with Gasteiger partial charge in [-0.2, -0.15) is 4.72 Å². The molecule has 10 nitrogen and oxygen atoms in total. The fraction of sp³-hybridized carbons (Fsp3) is 0.120. The number of nitrogens with zero attached hydrogens (tertiary/aromatic N) is 1. The number of aryl methyl sites for hydroxylation is 1. The molecule has 0 unspecified atom stereocenters. The Morgan fingerprint density at radius 3 is 2.36 bits per heavy atom. The zero-order chi connectivity index (χ0) is 26.0. The van der Waals surface area contributed by atoms with Crippen molar-refractivity contribution < 1.29 is 27.3 Å². The third kappa shape index (κ3) is 5.16. The van der Waals surface area contributed by atoms with Crippen LogP contribution in [0.25, 0.3) is 22.1 Å². The molecule has 0 fully saturated rings. The highest BCUT2D eigenvalue weighted by Crippen LogP contribution is 2.25. The summed E-state index contributed by atoms with van der Waals surface area (Å²) in [6.45, 7) is 3.18. The molecule has 0 amide bonds. The van der Waals surface area contributed by atoms with Crippen molar-refractivity contribution in [3.05, 3.63) is 98.9 Å². The first-order valence-corrected chi connectivity index (χ1v) is 12.1. The van der Waals surface area contributed by atoms with E-state index in [1.54, 1.807) is 12.1 Å². The average molecular weight is 509 g/mol. The molecule has 1 N–H and O–H groups in total. The van der Waals surface area contributed by atoms with Gasteiger partial charge in [0.25, 0.3) is 5.69 Å². The van der Waals surface area contributed by atoms with Crippen LogP contribution in [0.1, 0.15) is 12.5 Å². The summed E-state index contributed by atoms with van der Waals surface area (Å²) in [6, 6.07) is 14.6. The lowest BCUT2D eigenvalue weighted by molar-refractivity contribution is -0.384. The molecule has 0 aliphatic rings. The Morgan fingerprint density at radius 1 is 1.06 bits per heavy atom. The van der Waals surface area contributed by atoms with Gasteiger partial charge in [-0.3, -0.25) is 14.9 Å². The van der Waals surface area contributed by atoms with Crippen LogP contribution in [-0.2, 0) is 14.8 Å². The Bertz CT molecular complexity index is 1630. The van der Waals surface area contributed by atoms with Crippen LogP contribution in [0.2, 0.25) is 0 Å². The lowest BCUT2D eigenvalue weighted by Crippen LogP contribution is -2.40. The number of hydrogen-bond donors (Lipinski definition) is 1. The van der Waals surface area contributed by atoms with E-state index in [9.17, 15) is 28.1 Å². The predicted octanol–water partition coefficient (Wildman–Crippen LogP) is 3.95. The van der Waals surface area contributed by atoms with E-state index in [4.69, 9.17) is 9.15 Å². The van der Waals surface area contributed by atoms with Gasteiger partial charge in [-0.15, -0.1) is 0 Å². The second-order valence-corrected chi connectivity index (χ2v) is 9.73. The molecule has 4 aromatic rings. The lowest BCUT2D eigenvalue weighted by Gasteiger charge is -2.14. The van der Waals surface area contributed by atoms with Gasteiger partial charge in [0, 0.05) is 18.2 Å². The molecule has 0 radical (unpaired) electrons. The maximum Gasteiger partial charge on any atom is 0.329 e. The molecule has 1 heterocycles. The summed E-state index contributed by atoms with van der Waals surface area (Å²) < 4.78 is 38.2. The number of nitrogens with one attached hydrogen (secondary N) is 1. The Morgan fingerprint density at radius 2 is 1.72 bits per heavy atom.